The second-order valence-electron chi connectivity index (χ2n) is 5.98. The molecule has 0 aliphatic carbocycles. The molecule has 4 heterocycles. The molecule has 2 bridgehead atoms. The maximum atomic E-state index is 13.0. The van der Waals surface area contributed by atoms with E-state index in [2.05, 4.69) is 15.2 Å². The Bertz CT molecular complexity index is 687. The van der Waals surface area contributed by atoms with Gasteiger partial charge in [0.15, 0.2) is 5.58 Å². The van der Waals surface area contributed by atoms with Crippen LogP contribution in [0.3, 0.4) is 0 Å². The van der Waals surface area contributed by atoms with E-state index in [-0.39, 0.29) is 11.9 Å². The first kappa shape index (κ1) is 12.8. The van der Waals surface area contributed by atoms with E-state index in [1.165, 1.54) is 18.7 Å². The predicted octanol–water partition coefficient (Wildman–Crippen LogP) is 1.79. The van der Waals surface area contributed by atoms with Gasteiger partial charge in [-0.3, -0.25) is 4.79 Å². The first-order chi connectivity index (χ1) is 10.2. The second kappa shape index (κ2) is 4.80. The lowest BCUT2D eigenvalue weighted by molar-refractivity contribution is 0.0904. The van der Waals surface area contributed by atoms with E-state index in [9.17, 15) is 9.18 Å². The predicted molar refractivity (Wildman–Crippen MR) is 74.4 cm³/mol. The zero-order valence-electron chi connectivity index (χ0n) is 11.5. The van der Waals surface area contributed by atoms with Crippen molar-refractivity contribution in [2.75, 3.05) is 19.6 Å². The highest BCUT2D eigenvalue weighted by Gasteiger charge is 2.33. The summed E-state index contributed by atoms with van der Waals surface area (Å²) in [6.45, 7) is 3.20. The van der Waals surface area contributed by atoms with E-state index in [1.54, 1.807) is 6.07 Å². The zero-order valence-corrected chi connectivity index (χ0v) is 11.5. The van der Waals surface area contributed by atoms with Gasteiger partial charge in [-0.05, 0) is 31.4 Å². The molecule has 110 valence electrons. The van der Waals surface area contributed by atoms with Crippen LogP contribution < -0.4 is 5.32 Å². The van der Waals surface area contributed by atoms with Crippen molar-refractivity contribution in [3.8, 4) is 0 Å². The number of aromatic nitrogens is 1. The molecule has 2 aromatic rings. The van der Waals surface area contributed by atoms with Gasteiger partial charge >= 0.3 is 0 Å². The number of piperidine rings is 1. The SMILES string of the molecule is O=C(N[C@@H]1C[C@H]2CCN(C2)C1)c1cc2cc(F)oc2cn1. The van der Waals surface area contributed by atoms with Gasteiger partial charge in [-0.15, -0.1) is 0 Å². The summed E-state index contributed by atoms with van der Waals surface area (Å²) in [5, 5.41) is 3.60. The van der Waals surface area contributed by atoms with Gasteiger partial charge in [0.1, 0.15) is 5.69 Å². The quantitative estimate of drug-likeness (QED) is 0.915. The number of rotatable bonds is 2. The van der Waals surface area contributed by atoms with E-state index < -0.39 is 6.01 Å². The third-order valence-electron chi connectivity index (χ3n) is 4.41. The fourth-order valence-corrected chi connectivity index (χ4v) is 3.46. The fraction of sp³-hybridized carbons (Fsp3) is 0.467. The lowest BCUT2D eigenvalue weighted by Gasteiger charge is -2.30. The number of carbonyl (C=O) groups is 1. The Kier molecular flexibility index (Phi) is 2.92. The third kappa shape index (κ3) is 2.40. The molecule has 2 aromatic heterocycles. The molecule has 2 saturated heterocycles. The summed E-state index contributed by atoms with van der Waals surface area (Å²) < 4.78 is 17.8. The van der Waals surface area contributed by atoms with Crippen LogP contribution in [0.2, 0.25) is 0 Å². The monoisotopic (exact) mass is 289 g/mol. The van der Waals surface area contributed by atoms with E-state index in [0.717, 1.165) is 26.1 Å². The second-order valence-corrected chi connectivity index (χ2v) is 5.98. The molecule has 2 aliphatic rings. The number of carbonyl (C=O) groups excluding carboxylic acids is 1. The van der Waals surface area contributed by atoms with Gasteiger partial charge in [-0.1, -0.05) is 0 Å². The van der Waals surface area contributed by atoms with Gasteiger partial charge in [-0.2, -0.15) is 4.39 Å². The van der Waals surface area contributed by atoms with Crippen LogP contribution in [0.15, 0.2) is 22.7 Å². The molecular formula is C15H16FN3O2. The van der Waals surface area contributed by atoms with Crippen LogP contribution in [0.4, 0.5) is 4.39 Å². The molecule has 21 heavy (non-hydrogen) atoms. The topological polar surface area (TPSA) is 58.4 Å². The molecule has 2 fully saturated rings. The number of nitrogens with one attached hydrogen (secondary N) is 1. The average molecular weight is 289 g/mol. The maximum Gasteiger partial charge on any atom is 0.278 e. The van der Waals surface area contributed by atoms with Gasteiger partial charge < -0.3 is 14.6 Å². The van der Waals surface area contributed by atoms with Crippen molar-refractivity contribution >= 4 is 16.9 Å². The molecule has 3 atom stereocenters. The zero-order chi connectivity index (χ0) is 14.4. The summed E-state index contributed by atoms with van der Waals surface area (Å²) >= 11 is 0. The molecule has 1 unspecified atom stereocenters. The Morgan fingerprint density at radius 3 is 3.19 bits per heavy atom. The number of amides is 1. The van der Waals surface area contributed by atoms with Crippen molar-refractivity contribution in [1.82, 2.24) is 15.2 Å². The van der Waals surface area contributed by atoms with E-state index >= 15 is 0 Å². The van der Waals surface area contributed by atoms with Crippen LogP contribution in [0.25, 0.3) is 11.0 Å². The number of pyridine rings is 1. The summed E-state index contributed by atoms with van der Waals surface area (Å²) in [6, 6.07) is 2.34. The largest absolute Gasteiger partial charge is 0.429 e. The average Bonchev–Trinajstić information content (AvgIpc) is 2.99. The number of halogens is 1. The van der Waals surface area contributed by atoms with Crippen LogP contribution in [0.5, 0.6) is 0 Å². The van der Waals surface area contributed by atoms with Gasteiger partial charge in [-0.25, -0.2) is 4.98 Å². The Morgan fingerprint density at radius 1 is 1.43 bits per heavy atom. The molecule has 6 heteroatoms. The highest BCUT2D eigenvalue weighted by molar-refractivity contribution is 5.95. The number of furan rings is 1. The first-order valence-electron chi connectivity index (χ1n) is 7.26. The fourth-order valence-electron chi connectivity index (χ4n) is 3.46. The molecule has 4 rings (SSSR count). The molecule has 2 aliphatic heterocycles. The van der Waals surface area contributed by atoms with Crippen molar-refractivity contribution in [3.63, 3.8) is 0 Å². The molecular weight excluding hydrogens is 273 g/mol. The summed E-state index contributed by atoms with van der Waals surface area (Å²) in [6.07, 6.45) is 3.65. The molecule has 1 N–H and O–H groups in total. The Balaban J connectivity index is 1.50. The number of hydrogen-bond acceptors (Lipinski definition) is 4. The minimum absolute atomic E-state index is 0.178. The van der Waals surface area contributed by atoms with Gasteiger partial charge in [0.05, 0.1) is 6.20 Å². The molecule has 0 radical (unpaired) electrons. The Labute approximate surface area is 121 Å². The Hall–Kier alpha value is -1.95. The molecule has 5 nitrogen and oxygen atoms in total. The summed E-state index contributed by atoms with van der Waals surface area (Å²) in [7, 11) is 0. The van der Waals surface area contributed by atoms with Crippen molar-refractivity contribution in [2.45, 2.75) is 18.9 Å². The first-order valence-corrected chi connectivity index (χ1v) is 7.26. The van der Waals surface area contributed by atoms with E-state index in [0.29, 0.717) is 22.6 Å². The highest BCUT2D eigenvalue weighted by atomic mass is 19.1. The minimum atomic E-state index is -0.666. The number of hydrogen-bond donors (Lipinski definition) is 1. The summed E-state index contributed by atoms with van der Waals surface area (Å²) in [5.41, 5.74) is 0.655. The number of fused-ring (bicyclic) bond motifs is 3. The van der Waals surface area contributed by atoms with Crippen LogP contribution in [-0.2, 0) is 0 Å². The normalized spacial score (nSPS) is 28.0. The summed E-state index contributed by atoms with van der Waals surface area (Å²) in [5.74, 6) is 0.494. The summed E-state index contributed by atoms with van der Waals surface area (Å²) in [4.78, 5) is 18.7. The molecule has 1 amide bonds. The van der Waals surface area contributed by atoms with Gasteiger partial charge in [0.25, 0.3) is 11.9 Å². The van der Waals surface area contributed by atoms with Crippen LogP contribution in [0.1, 0.15) is 23.3 Å². The van der Waals surface area contributed by atoms with Gasteiger partial charge in [0.2, 0.25) is 0 Å². The van der Waals surface area contributed by atoms with E-state index in [4.69, 9.17) is 4.42 Å². The third-order valence-corrected chi connectivity index (χ3v) is 4.41. The van der Waals surface area contributed by atoms with Crippen LogP contribution in [0, 0.1) is 11.9 Å². The van der Waals surface area contributed by atoms with Crippen LogP contribution in [-0.4, -0.2) is 41.5 Å². The lowest BCUT2D eigenvalue weighted by atomic mass is 9.97. The molecule has 0 saturated carbocycles. The standard InChI is InChI=1S/C15H16FN3O2/c16-14-5-10-4-12(17-6-13(10)21-14)15(20)18-11-3-9-1-2-19(7-9)8-11/h4-6,9,11H,1-3,7-8H2,(H,18,20)/t9-,11-/m1/s1. The lowest BCUT2D eigenvalue weighted by Crippen LogP contribution is -2.47. The molecule has 0 aromatic carbocycles. The van der Waals surface area contributed by atoms with Crippen molar-refractivity contribution in [3.05, 3.63) is 30.0 Å². The van der Waals surface area contributed by atoms with Crippen LogP contribution >= 0.6 is 0 Å². The van der Waals surface area contributed by atoms with Crippen molar-refractivity contribution in [1.29, 1.82) is 0 Å². The maximum absolute atomic E-state index is 13.0. The smallest absolute Gasteiger partial charge is 0.278 e. The van der Waals surface area contributed by atoms with E-state index in [1.807, 2.05) is 0 Å². The van der Waals surface area contributed by atoms with Gasteiger partial charge in [0, 0.05) is 30.6 Å². The Morgan fingerprint density at radius 2 is 2.33 bits per heavy atom. The van der Waals surface area contributed by atoms with Crippen molar-refractivity contribution < 1.29 is 13.6 Å². The molecule has 0 spiro atoms. The van der Waals surface area contributed by atoms with Crippen molar-refractivity contribution in [2.24, 2.45) is 5.92 Å². The highest BCUT2D eigenvalue weighted by Crippen LogP contribution is 2.27. The number of nitrogens with zero attached hydrogens (tertiary/aromatic N) is 2. The minimum Gasteiger partial charge on any atom is -0.429 e.